The minimum atomic E-state index is -0.703. The van der Waals surface area contributed by atoms with Crippen molar-refractivity contribution in [3.63, 3.8) is 0 Å². The van der Waals surface area contributed by atoms with Crippen LogP contribution in [-0.4, -0.2) is 31.3 Å². The van der Waals surface area contributed by atoms with E-state index < -0.39 is 10.8 Å². The van der Waals surface area contributed by atoms with E-state index in [4.69, 9.17) is 0 Å². The third kappa shape index (κ3) is 3.83. The zero-order valence-electron chi connectivity index (χ0n) is 11.1. The highest BCUT2D eigenvalue weighted by atomic mass is 32.2. The van der Waals surface area contributed by atoms with Crippen LogP contribution in [0.25, 0.3) is 0 Å². The summed E-state index contributed by atoms with van der Waals surface area (Å²) in [5.41, 5.74) is 0. The Labute approximate surface area is 112 Å². The zero-order valence-corrected chi connectivity index (χ0v) is 11.9. The molecule has 0 aromatic carbocycles. The Morgan fingerprint density at radius 2 is 2.22 bits per heavy atom. The van der Waals surface area contributed by atoms with E-state index in [1.165, 1.54) is 32.1 Å². The first kappa shape index (κ1) is 13.6. The second kappa shape index (κ2) is 6.92. The Bertz CT molecular complexity index is 385. The lowest BCUT2D eigenvalue weighted by molar-refractivity contribution is 0.459. The summed E-state index contributed by atoms with van der Waals surface area (Å²) < 4.78 is 13.6. The van der Waals surface area contributed by atoms with Crippen LogP contribution in [0.5, 0.6) is 0 Å². The van der Waals surface area contributed by atoms with Gasteiger partial charge < -0.3 is 9.88 Å². The summed E-state index contributed by atoms with van der Waals surface area (Å²) in [7, 11) is -0.703. The van der Waals surface area contributed by atoms with Gasteiger partial charge in [-0.25, -0.2) is 4.98 Å². The van der Waals surface area contributed by atoms with Crippen LogP contribution in [0.3, 0.4) is 0 Å². The third-order valence-corrected chi connectivity index (χ3v) is 4.82. The standard InChI is InChI=1S/C13H23N3OS/c1-2-18(17)11-10-16-9-8-14-13(16)15-12-6-4-3-5-7-12/h8-9,12H,2-7,10-11H2,1H3,(H,14,15). The second-order valence-electron chi connectivity index (χ2n) is 4.86. The molecule has 1 aromatic rings. The van der Waals surface area contributed by atoms with Crippen LogP contribution in [0.1, 0.15) is 39.0 Å². The lowest BCUT2D eigenvalue weighted by Gasteiger charge is -2.23. The van der Waals surface area contributed by atoms with E-state index in [0.717, 1.165) is 18.2 Å². The van der Waals surface area contributed by atoms with Gasteiger partial charge in [-0.05, 0) is 12.8 Å². The van der Waals surface area contributed by atoms with Gasteiger partial charge in [0, 0.05) is 47.3 Å². The van der Waals surface area contributed by atoms with E-state index >= 15 is 0 Å². The van der Waals surface area contributed by atoms with E-state index in [0.29, 0.717) is 11.8 Å². The molecule has 102 valence electrons. The smallest absolute Gasteiger partial charge is 0.203 e. The number of hydrogen-bond acceptors (Lipinski definition) is 3. The predicted molar refractivity (Wildman–Crippen MR) is 76.3 cm³/mol. The quantitative estimate of drug-likeness (QED) is 0.862. The van der Waals surface area contributed by atoms with Gasteiger partial charge in [0.25, 0.3) is 0 Å². The molecular weight excluding hydrogens is 246 g/mol. The Hall–Kier alpha value is -0.840. The number of nitrogens with one attached hydrogen (secondary N) is 1. The van der Waals surface area contributed by atoms with Gasteiger partial charge in [-0.15, -0.1) is 0 Å². The van der Waals surface area contributed by atoms with Crippen LogP contribution in [0.15, 0.2) is 12.4 Å². The van der Waals surface area contributed by atoms with Gasteiger partial charge >= 0.3 is 0 Å². The van der Waals surface area contributed by atoms with Crippen molar-refractivity contribution < 1.29 is 4.21 Å². The lowest BCUT2D eigenvalue weighted by atomic mass is 9.96. The molecule has 0 radical (unpaired) electrons. The molecule has 1 atom stereocenters. The molecule has 0 saturated heterocycles. The zero-order chi connectivity index (χ0) is 12.8. The SMILES string of the molecule is CCS(=O)CCn1ccnc1NC1CCCCC1. The normalized spacial score (nSPS) is 18.7. The summed E-state index contributed by atoms with van der Waals surface area (Å²) in [5, 5.41) is 3.52. The molecule has 1 N–H and O–H groups in total. The first-order valence-electron chi connectivity index (χ1n) is 6.92. The van der Waals surface area contributed by atoms with Gasteiger partial charge in [-0.1, -0.05) is 26.2 Å². The highest BCUT2D eigenvalue weighted by Crippen LogP contribution is 2.20. The lowest BCUT2D eigenvalue weighted by Crippen LogP contribution is -2.24. The number of rotatable bonds is 6. The molecule has 0 amide bonds. The fraction of sp³-hybridized carbons (Fsp3) is 0.769. The molecule has 18 heavy (non-hydrogen) atoms. The number of anilines is 1. The summed E-state index contributed by atoms with van der Waals surface area (Å²) in [6.45, 7) is 2.75. The summed E-state index contributed by atoms with van der Waals surface area (Å²) in [4.78, 5) is 4.37. The molecule has 1 aliphatic carbocycles. The number of aryl methyl sites for hydroxylation is 1. The van der Waals surface area contributed by atoms with Crippen LogP contribution in [0.4, 0.5) is 5.95 Å². The van der Waals surface area contributed by atoms with Crippen molar-refractivity contribution in [2.24, 2.45) is 0 Å². The molecule has 1 saturated carbocycles. The van der Waals surface area contributed by atoms with E-state index in [2.05, 4.69) is 14.9 Å². The van der Waals surface area contributed by atoms with Crippen molar-refractivity contribution in [1.29, 1.82) is 0 Å². The van der Waals surface area contributed by atoms with Crippen molar-refractivity contribution in [3.8, 4) is 0 Å². The summed E-state index contributed by atoms with van der Waals surface area (Å²) in [6, 6.07) is 0.566. The monoisotopic (exact) mass is 269 g/mol. The summed E-state index contributed by atoms with van der Waals surface area (Å²) in [5.74, 6) is 2.39. The molecule has 1 aliphatic rings. The van der Waals surface area contributed by atoms with Gasteiger partial charge in [-0.3, -0.25) is 4.21 Å². The Balaban J connectivity index is 1.88. The molecule has 0 aliphatic heterocycles. The molecule has 1 aromatic heterocycles. The first-order chi connectivity index (χ1) is 8.79. The van der Waals surface area contributed by atoms with Crippen molar-refractivity contribution >= 4 is 16.7 Å². The fourth-order valence-electron chi connectivity index (χ4n) is 2.40. The maximum atomic E-state index is 11.5. The maximum absolute atomic E-state index is 11.5. The highest BCUT2D eigenvalue weighted by molar-refractivity contribution is 7.84. The number of nitrogens with zero attached hydrogens (tertiary/aromatic N) is 2. The molecule has 0 spiro atoms. The minimum Gasteiger partial charge on any atom is -0.353 e. The largest absolute Gasteiger partial charge is 0.353 e. The molecule has 4 nitrogen and oxygen atoms in total. The van der Waals surface area contributed by atoms with E-state index in [9.17, 15) is 4.21 Å². The topological polar surface area (TPSA) is 46.9 Å². The van der Waals surface area contributed by atoms with Crippen LogP contribution in [-0.2, 0) is 17.3 Å². The fourth-order valence-corrected chi connectivity index (χ4v) is 3.09. The van der Waals surface area contributed by atoms with Crippen molar-refractivity contribution in [2.75, 3.05) is 16.8 Å². The van der Waals surface area contributed by atoms with E-state index in [1.54, 1.807) is 0 Å². The van der Waals surface area contributed by atoms with Crippen molar-refractivity contribution in [3.05, 3.63) is 12.4 Å². The number of aromatic nitrogens is 2. The summed E-state index contributed by atoms with van der Waals surface area (Å²) >= 11 is 0. The maximum Gasteiger partial charge on any atom is 0.203 e. The average molecular weight is 269 g/mol. The van der Waals surface area contributed by atoms with Crippen LogP contribution in [0, 0.1) is 0 Å². The number of imidazole rings is 1. The average Bonchev–Trinajstić information content (AvgIpc) is 2.84. The third-order valence-electron chi connectivity index (χ3n) is 3.54. The van der Waals surface area contributed by atoms with E-state index in [-0.39, 0.29) is 0 Å². The molecule has 2 rings (SSSR count). The molecule has 1 unspecified atom stereocenters. The second-order valence-corrected chi connectivity index (χ2v) is 6.72. The van der Waals surface area contributed by atoms with Crippen molar-refractivity contribution in [1.82, 2.24) is 9.55 Å². The molecule has 1 heterocycles. The molecule has 5 heteroatoms. The first-order valence-corrected chi connectivity index (χ1v) is 8.41. The van der Waals surface area contributed by atoms with Crippen LogP contribution >= 0.6 is 0 Å². The van der Waals surface area contributed by atoms with Crippen LogP contribution < -0.4 is 5.32 Å². The molecular formula is C13H23N3OS. The van der Waals surface area contributed by atoms with E-state index in [1.807, 2.05) is 19.3 Å². The van der Waals surface area contributed by atoms with Gasteiger partial charge in [0.2, 0.25) is 5.95 Å². The Morgan fingerprint density at radius 3 is 2.94 bits per heavy atom. The minimum absolute atomic E-state index is 0.566. The Morgan fingerprint density at radius 1 is 1.44 bits per heavy atom. The number of hydrogen-bond donors (Lipinski definition) is 1. The molecule has 0 bridgehead atoms. The van der Waals surface area contributed by atoms with Gasteiger partial charge in [0.15, 0.2) is 0 Å². The van der Waals surface area contributed by atoms with Gasteiger partial charge in [-0.2, -0.15) is 0 Å². The van der Waals surface area contributed by atoms with Crippen molar-refractivity contribution in [2.45, 2.75) is 51.6 Å². The van der Waals surface area contributed by atoms with Crippen LogP contribution in [0.2, 0.25) is 0 Å². The van der Waals surface area contributed by atoms with Gasteiger partial charge in [0.1, 0.15) is 0 Å². The van der Waals surface area contributed by atoms with Gasteiger partial charge in [0.05, 0.1) is 0 Å². The Kier molecular flexibility index (Phi) is 5.23. The molecule has 1 fully saturated rings. The summed E-state index contributed by atoms with van der Waals surface area (Å²) in [6.07, 6.45) is 10.3. The highest BCUT2D eigenvalue weighted by Gasteiger charge is 2.15. The predicted octanol–water partition coefficient (Wildman–Crippen LogP) is 2.40.